The molecule has 7 nitrogen and oxygen atoms in total. The van der Waals surface area contributed by atoms with Gasteiger partial charge in [0.1, 0.15) is 28.6 Å². The van der Waals surface area contributed by atoms with Gasteiger partial charge in [0.25, 0.3) is 11.5 Å². The number of nitrogens with zero attached hydrogens (tertiary/aromatic N) is 3. The van der Waals surface area contributed by atoms with E-state index in [0.29, 0.717) is 17.9 Å². The van der Waals surface area contributed by atoms with E-state index in [1.165, 1.54) is 10.5 Å². The summed E-state index contributed by atoms with van der Waals surface area (Å²) in [4.78, 5) is 30.0. The van der Waals surface area contributed by atoms with E-state index in [0.717, 1.165) is 16.7 Å². The highest BCUT2D eigenvalue weighted by Crippen LogP contribution is 2.27. The van der Waals surface area contributed by atoms with Crippen LogP contribution in [0.2, 0.25) is 0 Å². The molecule has 3 rings (SSSR count). The lowest BCUT2D eigenvalue weighted by Crippen LogP contribution is -2.25. The van der Waals surface area contributed by atoms with Crippen molar-refractivity contribution in [1.29, 1.82) is 5.26 Å². The molecule has 1 aromatic carbocycles. The number of pyridine rings is 1. The van der Waals surface area contributed by atoms with E-state index >= 15 is 0 Å². The van der Waals surface area contributed by atoms with Crippen molar-refractivity contribution in [3.8, 4) is 17.7 Å². The summed E-state index contributed by atoms with van der Waals surface area (Å²) < 4.78 is 7.39. The first kappa shape index (κ1) is 20.8. The van der Waals surface area contributed by atoms with Crippen LogP contribution in [0.5, 0.6) is 11.6 Å². The number of rotatable bonds is 5. The van der Waals surface area contributed by atoms with Gasteiger partial charge in [-0.15, -0.1) is 0 Å². The molecule has 0 saturated heterocycles. The fourth-order valence-corrected chi connectivity index (χ4v) is 3.06. The van der Waals surface area contributed by atoms with E-state index in [1.807, 2.05) is 45.0 Å². The van der Waals surface area contributed by atoms with Gasteiger partial charge in [-0.3, -0.25) is 14.0 Å². The molecule has 0 aliphatic carbocycles. The van der Waals surface area contributed by atoms with Gasteiger partial charge in [-0.25, -0.2) is 0 Å². The molecule has 1 amide bonds. The molecule has 30 heavy (non-hydrogen) atoms. The predicted octanol–water partition coefficient (Wildman–Crippen LogP) is 3.46. The molecule has 0 atom stereocenters. The highest BCUT2D eigenvalue weighted by atomic mass is 16.5. The smallest absolute Gasteiger partial charge is 0.269 e. The Morgan fingerprint density at radius 3 is 2.70 bits per heavy atom. The van der Waals surface area contributed by atoms with E-state index in [4.69, 9.17) is 4.74 Å². The summed E-state index contributed by atoms with van der Waals surface area (Å²) in [6.07, 6.45) is 2.82. The second-order valence-electron chi connectivity index (χ2n) is 6.92. The lowest BCUT2D eigenvalue weighted by Gasteiger charge is -2.13. The Kier molecular flexibility index (Phi) is 5.98. The molecule has 0 aliphatic rings. The number of nitriles is 1. The summed E-state index contributed by atoms with van der Waals surface area (Å²) in [7, 11) is 0. The average Bonchev–Trinajstić information content (AvgIpc) is 2.71. The van der Waals surface area contributed by atoms with Gasteiger partial charge in [-0.05, 0) is 57.0 Å². The standard InChI is InChI=1S/C23H22N4O3/c1-5-25-21(28)17(13-24)12-18-22(30-19-9-8-14(2)11-16(19)4)26-20-15(3)7-6-10-27(20)23(18)29/h6-12H,5H2,1-4H3,(H,25,28). The topological polar surface area (TPSA) is 96.5 Å². The van der Waals surface area contributed by atoms with E-state index in [-0.39, 0.29) is 17.0 Å². The number of hydrogen-bond donors (Lipinski definition) is 1. The van der Waals surface area contributed by atoms with Crippen LogP contribution in [0.1, 0.15) is 29.2 Å². The molecular weight excluding hydrogens is 380 g/mol. The molecule has 2 aromatic heterocycles. The van der Waals surface area contributed by atoms with Gasteiger partial charge in [-0.1, -0.05) is 23.8 Å². The highest BCUT2D eigenvalue weighted by molar-refractivity contribution is 6.01. The van der Waals surface area contributed by atoms with Crippen molar-refractivity contribution in [2.75, 3.05) is 6.54 Å². The Hall–Kier alpha value is -3.92. The lowest BCUT2D eigenvalue weighted by atomic mass is 10.1. The van der Waals surface area contributed by atoms with Gasteiger partial charge in [0.2, 0.25) is 5.88 Å². The number of nitrogens with one attached hydrogen (secondary N) is 1. The van der Waals surface area contributed by atoms with Crippen molar-refractivity contribution in [2.45, 2.75) is 27.7 Å². The van der Waals surface area contributed by atoms with Crippen LogP contribution in [-0.4, -0.2) is 21.8 Å². The Morgan fingerprint density at radius 2 is 2.03 bits per heavy atom. The molecule has 7 heteroatoms. The number of aromatic nitrogens is 2. The predicted molar refractivity (Wildman–Crippen MR) is 114 cm³/mol. The van der Waals surface area contributed by atoms with E-state index in [2.05, 4.69) is 10.3 Å². The van der Waals surface area contributed by atoms with Crippen molar-refractivity contribution in [2.24, 2.45) is 0 Å². The zero-order valence-electron chi connectivity index (χ0n) is 17.3. The molecule has 0 spiro atoms. The zero-order chi connectivity index (χ0) is 21.8. The zero-order valence-corrected chi connectivity index (χ0v) is 17.3. The molecule has 2 heterocycles. The Morgan fingerprint density at radius 1 is 1.27 bits per heavy atom. The second-order valence-corrected chi connectivity index (χ2v) is 6.92. The van der Waals surface area contributed by atoms with Crippen LogP contribution in [0, 0.1) is 32.1 Å². The second kappa shape index (κ2) is 8.62. The molecule has 1 N–H and O–H groups in total. The number of carbonyl (C=O) groups excluding carboxylic acids is 1. The molecule has 0 bridgehead atoms. The van der Waals surface area contributed by atoms with Crippen LogP contribution in [0.25, 0.3) is 11.7 Å². The molecule has 3 aromatic rings. The van der Waals surface area contributed by atoms with Crippen LogP contribution < -0.4 is 15.6 Å². The van der Waals surface area contributed by atoms with Crippen molar-refractivity contribution in [3.05, 3.63) is 74.7 Å². The van der Waals surface area contributed by atoms with Gasteiger partial charge >= 0.3 is 0 Å². The minimum absolute atomic E-state index is 0.0286. The van der Waals surface area contributed by atoms with Gasteiger partial charge in [-0.2, -0.15) is 10.2 Å². The summed E-state index contributed by atoms with van der Waals surface area (Å²) in [5, 5.41) is 12.0. The number of carbonyl (C=O) groups is 1. The highest BCUT2D eigenvalue weighted by Gasteiger charge is 2.18. The summed E-state index contributed by atoms with van der Waals surface area (Å²) in [6, 6.07) is 11.1. The Balaban J connectivity index is 2.27. The van der Waals surface area contributed by atoms with Crippen molar-refractivity contribution >= 4 is 17.6 Å². The van der Waals surface area contributed by atoms with Crippen LogP contribution in [0.4, 0.5) is 0 Å². The summed E-state index contributed by atoms with van der Waals surface area (Å²) in [5.41, 5.74) is 2.58. The molecule has 0 saturated carbocycles. The number of aryl methyl sites for hydroxylation is 3. The SMILES string of the molecule is CCNC(=O)C(C#N)=Cc1c(Oc2ccc(C)cc2C)nc2c(C)cccn2c1=O. The molecule has 0 aliphatic heterocycles. The summed E-state index contributed by atoms with van der Waals surface area (Å²) in [6.45, 7) is 7.81. The maximum atomic E-state index is 13.2. The van der Waals surface area contributed by atoms with Crippen LogP contribution in [0.3, 0.4) is 0 Å². The number of benzene rings is 1. The minimum Gasteiger partial charge on any atom is -0.438 e. The number of amides is 1. The molecule has 0 radical (unpaired) electrons. The quantitative estimate of drug-likeness (QED) is 0.521. The summed E-state index contributed by atoms with van der Waals surface area (Å²) >= 11 is 0. The number of hydrogen-bond acceptors (Lipinski definition) is 5. The Labute approximate surface area is 174 Å². The first-order valence-electron chi connectivity index (χ1n) is 9.52. The maximum absolute atomic E-state index is 13.2. The monoisotopic (exact) mass is 402 g/mol. The lowest BCUT2D eigenvalue weighted by molar-refractivity contribution is -0.116. The summed E-state index contributed by atoms with van der Waals surface area (Å²) in [5.74, 6) is 0.0149. The van der Waals surface area contributed by atoms with Gasteiger partial charge in [0.05, 0.1) is 0 Å². The first-order valence-corrected chi connectivity index (χ1v) is 9.52. The molecular formula is C23H22N4O3. The van der Waals surface area contributed by atoms with Crippen molar-refractivity contribution < 1.29 is 9.53 Å². The van der Waals surface area contributed by atoms with Crippen molar-refractivity contribution in [1.82, 2.24) is 14.7 Å². The van der Waals surface area contributed by atoms with E-state index < -0.39 is 11.5 Å². The minimum atomic E-state index is -0.564. The third kappa shape index (κ3) is 4.08. The van der Waals surface area contributed by atoms with E-state index in [1.54, 1.807) is 25.3 Å². The van der Waals surface area contributed by atoms with E-state index in [9.17, 15) is 14.9 Å². The third-order valence-electron chi connectivity index (χ3n) is 4.58. The number of fused-ring (bicyclic) bond motifs is 1. The van der Waals surface area contributed by atoms with Crippen molar-refractivity contribution in [3.63, 3.8) is 0 Å². The average molecular weight is 402 g/mol. The van der Waals surface area contributed by atoms with Gasteiger partial charge in [0.15, 0.2) is 0 Å². The molecule has 0 fully saturated rings. The fourth-order valence-electron chi connectivity index (χ4n) is 3.06. The number of likely N-dealkylation sites (N-methyl/N-ethyl adjacent to an activating group) is 1. The van der Waals surface area contributed by atoms with Gasteiger partial charge in [0, 0.05) is 12.7 Å². The first-order chi connectivity index (χ1) is 14.3. The Bertz CT molecular complexity index is 1270. The largest absolute Gasteiger partial charge is 0.438 e. The molecule has 152 valence electrons. The van der Waals surface area contributed by atoms with Crippen LogP contribution in [-0.2, 0) is 4.79 Å². The fraction of sp³-hybridized carbons (Fsp3) is 0.217. The van der Waals surface area contributed by atoms with Gasteiger partial charge < -0.3 is 10.1 Å². The van der Waals surface area contributed by atoms with Crippen LogP contribution in [0.15, 0.2) is 46.9 Å². The third-order valence-corrected chi connectivity index (χ3v) is 4.58. The molecule has 0 unspecified atom stereocenters. The normalized spacial score (nSPS) is 11.2. The maximum Gasteiger partial charge on any atom is 0.269 e. The number of ether oxygens (including phenoxy) is 1. The van der Waals surface area contributed by atoms with Crippen LogP contribution >= 0.6 is 0 Å².